The lowest BCUT2D eigenvalue weighted by atomic mass is 10.0. The molecular formula is C19H14F6N2O5. The highest BCUT2D eigenvalue weighted by Crippen LogP contribution is 2.36. The van der Waals surface area contributed by atoms with Crippen molar-refractivity contribution in [1.29, 1.82) is 0 Å². The average molecular weight is 464 g/mol. The molecule has 0 saturated heterocycles. The van der Waals surface area contributed by atoms with Gasteiger partial charge in [0.2, 0.25) is 5.91 Å². The zero-order valence-electron chi connectivity index (χ0n) is 15.8. The first kappa shape index (κ1) is 24.6. The number of carboxylic acid groups (broad SMARTS) is 1. The van der Waals surface area contributed by atoms with Crippen LogP contribution in [0.25, 0.3) is 0 Å². The molecule has 0 aliphatic carbocycles. The highest BCUT2D eigenvalue weighted by atomic mass is 19.4. The topological polar surface area (TPSA) is 110 Å². The number of alkyl halides is 6. The first-order valence-electron chi connectivity index (χ1n) is 8.70. The van der Waals surface area contributed by atoms with Crippen molar-refractivity contribution >= 4 is 17.6 Å². The zero-order chi connectivity index (χ0) is 24.3. The van der Waals surface area contributed by atoms with Gasteiger partial charge < -0.3 is 10.4 Å². The maximum atomic E-state index is 12.9. The molecule has 2 aromatic carbocycles. The highest BCUT2D eigenvalue weighted by molar-refractivity contribution is 5.85. The number of rotatable bonds is 7. The van der Waals surface area contributed by atoms with E-state index in [2.05, 4.69) is 0 Å². The number of carbonyl (C=O) groups is 2. The Morgan fingerprint density at radius 3 is 1.84 bits per heavy atom. The lowest BCUT2D eigenvalue weighted by Crippen LogP contribution is -2.43. The number of nitro benzene ring substituents is 1. The number of benzene rings is 2. The van der Waals surface area contributed by atoms with Gasteiger partial charge in [0.25, 0.3) is 5.69 Å². The van der Waals surface area contributed by atoms with Crippen molar-refractivity contribution in [3.05, 3.63) is 74.8 Å². The predicted molar refractivity (Wildman–Crippen MR) is 96.5 cm³/mol. The summed E-state index contributed by atoms with van der Waals surface area (Å²) in [5.74, 6) is -2.64. The van der Waals surface area contributed by atoms with Gasteiger partial charge in [-0.2, -0.15) is 26.3 Å². The van der Waals surface area contributed by atoms with E-state index in [9.17, 15) is 51.2 Å². The van der Waals surface area contributed by atoms with Crippen LogP contribution in [0.5, 0.6) is 0 Å². The van der Waals surface area contributed by atoms with Crippen molar-refractivity contribution in [3.8, 4) is 0 Å². The molecule has 1 amide bonds. The first-order chi connectivity index (χ1) is 14.7. The van der Waals surface area contributed by atoms with Crippen molar-refractivity contribution in [2.75, 3.05) is 0 Å². The second-order valence-electron chi connectivity index (χ2n) is 6.68. The molecule has 0 saturated carbocycles. The van der Waals surface area contributed by atoms with Gasteiger partial charge >= 0.3 is 18.3 Å². The van der Waals surface area contributed by atoms with Crippen LogP contribution < -0.4 is 5.32 Å². The van der Waals surface area contributed by atoms with Gasteiger partial charge in [0.05, 0.1) is 22.5 Å². The molecule has 172 valence electrons. The summed E-state index contributed by atoms with van der Waals surface area (Å²) in [5.41, 5.74) is -3.77. The molecule has 2 rings (SSSR count). The fourth-order valence-corrected chi connectivity index (χ4v) is 2.74. The summed E-state index contributed by atoms with van der Waals surface area (Å²) in [7, 11) is 0. The Bertz CT molecular complexity index is 986. The van der Waals surface area contributed by atoms with E-state index in [1.165, 1.54) is 12.1 Å². The molecule has 0 aromatic heterocycles. The van der Waals surface area contributed by atoms with Crippen molar-refractivity contribution in [2.24, 2.45) is 0 Å². The lowest BCUT2D eigenvalue weighted by Gasteiger charge is -2.16. The zero-order valence-corrected chi connectivity index (χ0v) is 15.8. The van der Waals surface area contributed by atoms with Crippen LogP contribution >= 0.6 is 0 Å². The molecule has 2 aromatic rings. The van der Waals surface area contributed by atoms with E-state index in [1.807, 2.05) is 5.32 Å². The Morgan fingerprint density at radius 2 is 1.44 bits per heavy atom. The first-order valence-corrected chi connectivity index (χ1v) is 8.70. The number of hydrogen-bond donors (Lipinski definition) is 2. The van der Waals surface area contributed by atoms with E-state index >= 15 is 0 Å². The summed E-state index contributed by atoms with van der Waals surface area (Å²) in [5, 5.41) is 22.0. The summed E-state index contributed by atoms with van der Waals surface area (Å²) in [6, 6.07) is 3.81. The van der Waals surface area contributed by atoms with Crippen LogP contribution in [0.2, 0.25) is 0 Å². The monoisotopic (exact) mass is 464 g/mol. The minimum Gasteiger partial charge on any atom is -0.480 e. The Balaban J connectivity index is 2.19. The molecule has 0 bridgehead atoms. The van der Waals surface area contributed by atoms with Gasteiger partial charge in [-0.3, -0.25) is 14.9 Å². The Kier molecular flexibility index (Phi) is 7.11. The number of halogens is 6. The number of nitrogens with one attached hydrogen (secondary N) is 1. The van der Waals surface area contributed by atoms with Crippen LogP contribution in [0, 0.1) is 10.1 Å². The summed E-state index contributed by atoms with van der Waals surface area (Å²) in [6.45, 7) is 0. The van der Waals surface area contributed by atoms with Crippen molar-refractivity contribution in [1.82, 2.24) is 5.32 Å². The van der Waals surface area contributed by atoms with Gasteiger partial charge in [-0.25, -0.2) is 4.79 Å². The van der Waals surface area contributed by atoms with E-state index in [4.69, 9.17) is 0 Å². The Hall–Kier alpha value is -3.64. The minimum absolute atomic E-state index is 0.0873. The number of carbonyl (C=O) groups excluding carboxylic acids is 1. The van der Waals surface area contributed by atoms with Crippen LogP contribution in [0.1, 0.15) is 22.3 Å². The third-order valence-corrected chi connectivity index (χ3v) is 4.23. The van der Waals surface area contributed by atoms with Crippen molar-refractivity contribution < 1.29 is 46.0 Å². The normalized spacial score (nSPS) is 12.8. The van der Waals surface area contributed by atoms with E-state index in [1.54, 1.807) is 0 Å². The highest BCUT2D eigenvalue weighted by Gasteiger charge is 2.37. The van der Waals surface area contributed by atoms with Gasteiger partial charge in [0.15, 0.2) is 0 Å². The van der Waals surface area contributed by atoms with Crippen LogP contribution in [0.4, 0.5) is 32.0 Å². The lowest BCUT2D eigenvalue weighted by molar-refractivity contribution is -0.384. The van der Waals surface area contributed by atoms with E-state index in [0.29, 0.717) is 17.7 Å². The van der Waals surface area contributed by atoms with Gasteiger partial charge in [0.1, 0.15) is 6.04 Å². The largest absolute Gasteiger partial charge is 0.480 e. The maximum Gasteiger partial charge on any atom is 0.416 e. The fraction of sp³-hybridized carbons (Fsp3) is 0.263. The number of nitro groups is 1. The summed E-state index contributed by atoms with van der Waals surface area (Å²) in [6.07, 6.45) is -11.4. The number of amides is 1. The second-order valence-corrected chi connectivity index (χ2v) is 6.68. The molecular weight excluding hydrogens is 450 g/mol. The smallest absolute Gasteiger partial charge is 0.416 e. The van der Waals surface area contributed by atoms with Crippen molar-refractivity contribution in [3.63, 3.8) is 0 Å². The SMILES string of the molecule is O=C(Cc1cc(C(F)(F)F)cc(C(F)(F)F)c1)N[C@H](Cc1ccc([N+](=O)[O-])cc1)C(=O)O. The van der Waals surface area contributed by atoms with E-state index < -0.39 is 58.3 Å². The fourth-order valence-electron chi connectivity index (χ4n) is 2.74. The third kappa shape index (κ3) is 6.68. The molecule has 1 atom stereocenters. The molecule has 7 nitrogen and oxygen atoms in total. The van der Waals surface area contributed by atoms with Crippen LogP contribution in [-0.4, -0.2) is 27.9 Å². The molecule has 0 aliphatic heterocycles. The summed E-state index contributed by atoms with van der Waals surface area (Å²) in [4.78, 5) is 33.5. The maximum absolute atomic E-state index is 12.9. The Labute approximate surface area is 175 Å². The summed E-state index contributed by atoms with van der Waals surface area (Å²) >= 11 is 0. The molecule has 0 aliphatic rings. The standard InChI is InChI=1S/C19H14F6N2O5/c20-18(21,22)12-5-11(6-13(9-12)19(23,24)25)8-16(28)26-15(17(29)30)7-10-1-3-14(4-2-10)27(31)32/h1-6,9,15H,7-8H2,(H,26,28)(H,29,30)/t15-/m1/s1. The van der Waals surface area contributed by atoms with Gasteiger partial charge in [-0.1, -0.05) is 12.1 Å². The van der Waals surface area contributed by atoms with Gasteiger partial charge in [0, 0.05) is 18.6 Å². The van der Waals surface area contributed by atoms with E-state index in [-0.39, 0.29) is 18.2 Å². The number of hydrogen-bond acceptors (Lipinski definition) is 4. The number of carboxylic acids is 1. The third-order valence-electron chi connectivity index (χ3n) is 4.23. The van der Waals surface area contributed by atoms with Gasteiger partial charge in [-0.15, -0.1) is 0 Å². The summed E-state index contributed by atoms with van der Waals surface area (Å²) < 4.78 is 77.5. The quantitative estimate of drug-likeness (QED) is 0.366. The predicted octanol–water partition coefficient (Wildman–Crippen LogP) is 3.99. The average Bonchev–Trinajstić information content (AvgIpc) is 2.66. The molecule has 0 radical (unpaired) electrons. The van der Waals surface area contributed by atoms with Crippen molar-refractivity contribution in [2.45, 2.75) is 31.2 Å². The number of aliphatic carboxylic acids is 1. The molecule has 0 unspecified atom stereocenters. The second kappa shape index (κ2) is 9.24. The molecule has 0 heterocycles. The van der Waals surface area contributed by atoms with Crippen LogP contribution in [0.15, 0.2) is 42.5 Å². The molecule has 0 spiro atoms. The van der Waals surface area contributed by atoms with E-state index in [0.717, 1.165) is 12.1 Å². The van der Waals surface area contributed by atoms with Crippen LogP contribution in [-0.2, 0) is 34.8 Å². The van der Waals surface area contributed by atoms with Crippen LogP contribution in [0.3, 0.4) is 0 Å². The molecule has 2 N–H and O–H groups in total. The minimum atomic E-state index is -5.09. The Morgan fingerprint density at radius 1 is 0.938 bits per heavy atom. The number of nitrogens with zero attached hydrogens (tertiary/aromatic N) is 1. The molecule has 13 heteroatoms. The molecule has 32 heavy (non-hydrogen) atoms. The van der Waals surface area contributed by atoms with Gasteiger partial charge in [-0.05, 0) is 29.3 Å². The molecule has 0 fully saturated rings. The number of non-ortho nitro benzene ring substituents is 1.